The lowest BCUT2D eigenvalue weighted by molar-refractivity contribution is 0.0762. The van der Waals surface area contributed by atoms with Crippen LogP contribution >= 0.6 is 0 Å². The van der Waals surface area contributed by atoms with Gasteiger partial charge < -0.3 is 9.32 Å². The van der Waals surface area contributed by atoms with Crippen LogP contribution in [0.1, 0.15) is 72.9 Å². The Balaban J connectivity index is 1.45. The first-order chi connectivity index (χ1) is 12.6. The molecule has 0 spiro atoms. The first-order valence-electron chi connectivity index (χ1n) is 9.65. The normalized spacial score (nSPS) is 27.9. The van der Waals surface area contributed by atoms with E-state index in [0.29, 0.717) is 36.3 Å². The summed E-state index contributed by atoms with van der Waals surface area (Å²) in [5.74, 6) is 2.40. The SMILES string of the molecule is CCn1nnc(C)c1C(=O)N1C[C@@H]2CCC[C@]2(c2nnc(C3CC3)o2)C1. The summed E-state index contributed by atoms with van der Waals surface area (Å²) in [4.78, 5) is 15.1. The first-order valence-corrected chi connectivity index (χ1v) is 9.65. The molecule has 2 aliphatic carbocycles. The van der Waals surface area contributed by atoms with Gasteiger partial charge in [0.2, 0.25) is 11.8 Å². The number of aromatic nitrogens is 5. The number of amides is 1. The van der Waals surface area contributed by atoms with Crippen LogP contribution < -0.4 is 0 Å². The van der Waals surface area contributed by atoms with E-state index in [9.17, 15) is 4.79 Å². The summed E-state index contributed by atoms with van der Waals surface area (Å²) in [6, 6.07) is 0. The lowest BCUT2D eigenvalue weighted by Crippen LogP contribution is -2.36. The molecule has 0 aromatic carbocycles. The second-order valence-electron chi connectivity index (χ2n) is 7.99. The van der Waals surface area contributed by atoms with Gasteiger partial charge in [0.1, 0.15) is 5.69 Å². The van der Waals surface area contributed by atoms with Gasteiger partial charge in [0.05, 0.1) is 11.1 Å². The van der Waals surface area contributed by atoms with Crippen LogP contribution in [0.5, 0.6) is 0 Å². The van der Waals surface area contributed by atoms with E-state index in [1.54, 1.807) is 4.68 Å². The molecule has 0 N–H and O–H groups in total. The van der Waals surface area contributed by atoms with Crippen molar-refractivity contribution in [1.82, 2.24) is 30.1 Å². The van der Waals surface area contributed by atoms with Crippen LogP contribution in [0.2, 0.25) is 0 Å². The fraction of sp³-hybridized carbons (Fsp3) is 0.722. The van der Waals surface area contributed by atoms with Crippen molar-refractivity contribution in [1.29, 1.82) is 0 Å². The van der Waals surface area contributed by atoms with E-state index < -0.39 is 0 Å². The molecular weight excluding hydrogens is 332 g/mol. The fourth-order valence-corrected chi connectivity index (χ4v) is 4.76. The van der Waals surface area contributed by atoms with Gasteiger partial charge in [0.15, 0.2) is 0 Å². The van der Waals surface area contributed by atoms with Gasteiger partial charge in [-0.2, -0.15) is 0 Å². The van der Waals surface area contributed by atoms with Crippen LogP contribution in [-0.2, 0) is 12.0 Å². The van der Waals surface area contributed by atoms with Gasteiger partial charge >= 0.3 is 0 Å². The van der Waals surface area contributed by atoms with Crippen LogP contribution in [0.25, 0.3) is 0 Å². The first kappa shape index (κ1) is 16.0. The number of rotatable bonds is 4. The van der Waals surface area contributed by atoms with Crippen LogP contribution in [-0.4, -0.2) is 49.1 Å². The van der Waals surface area contributed by atoms with Crippen molar-refractivity contribution in [2.24, 2.45) is 5.92 Å². The number of hydrogen-bond acceptors (Lipinski definition) is 6. The Morgan fingerprint density at radius 2 is 2.12 bits per heavy atom. The predicted molar refractivity (Wildman–Crippen MR) is 91.6 cm³/mol. The molecule has 138 valence electrons. The van der Waals surface area contributed by atoms with Gasteiger partial charge in [-0.15, -0.1) is 15.3 Å². The van der Waals surface area contributed by atoms with Crippen molar-refractivity contribution in [3.05, 3.63) is 23.2 Å². The van der Waals surface area contributed by atoms with Crippen LogP contribution in [0.15, 0.2) is 4.42 Å². The van der Waals surface area contributed by atoms with Gasteiger partial charge in [-0.25, -0.2) is 4.68 Å². The summed E-state index contributed by atoms with van der Waals surface area (Å²) < 4.78 is 7.78. The maximum atomic E-state index is 13.2. The molecule has 2 aromatic rings. The minimum Gasteiger partial charge on any atom is -0.424 e. The standard InChI is InChI=1S/C18H24N6O2/c1-3-24-14(11(2)19-22-24)16(25)23-9-13-5-4-8-18(13,10-23)17-21-20-15(26-17)12-6-7-12/h12-13H,3-10H2,1-2H3/t13-,18-/m0/s1. The van der Waals surface area contributed by atoms with E-state index >= 15 is 0 Å². The molecule has 1 amide bonds. The van der Waals surface area contributed by atoms with Crippen LogP contribution in [0, 0.1) is 12.8 Å². The van der Waals surface area contributed by atoms with Gasteiger partial charge in [-0.05, 0) is 45.4 Å². The van der Waals surface area contributed by atoms with Crippen molar-refractivity contribution in [3.63, 3.8) is 0 Å². The number of aryl methyl sites for hydroxylation is 2. The summed E-state index contributed by atoms with van der Waals surface area (Å²) in [7, 11) is 0. The highest BCUT2D eigenvalue weighted by atomic mass is 16.4. The monoisotopic (exact) mass is 356 g/mol. The Morgan fingerprint density at radius 3 is 2.88 bits per heavy atom. The maximum absolute atomic E-state index is 13.2. The highest BCUT2D eigenvalue weighted by Gasteiger charge is 2.55. The summed E-state index contributed by atoms with van der Waals surface area (Å²) in [5, 5.41) is 16.9. The molecular formula is C18H24N6O2. The summed E-state index contributed by atoms with van der Waals surface area (Å²) >= 11 is 0. The average Bonchev–Trinajstić information content (AvgIpc) is 3.01. The van der Waals surface area contributed by atoms with E-state index in [1.165, 1.54) is 0 Å². The third kappa shape index (κ3) is 2.23. The lowest BCUT2D eigenvalue weighted by Gasteiger charge is -2.24. The molecule has 8 heteroatoms. The van der Waals surface area contributed by atoms with E-state index in [2.05, 4.69) is 20.5 Å². The molecule has 1 saturated heterocycles. The smallest absolute Gasteiger partial charge is 0.274 e. The third-order valence-electron chi connectivity index (χ3n) is 6.36. The van der Waals surface area contributed by atoms with Gasteiger partial charge in [0, 0.05) is 25.6 Å². The molecule has 2 atom stereocenters. The fourth-order valence-electron chi connectivity index (χ4n) is 4.76. The second kappa shape index (κ2) is 5.62. The lowest BCUT2D eigenvalue weighted by atomic mass is 9.80. The molecule has 3 aliphatic rings. The molecule has 26 heavy (non-hydrogen) atoms. The van der Waals surface area contributed by atoms with Crippen molar-refractivity contribution in [2.45, 2.75) is 63.8 Å². The van der Waals surface area contributed by atoms with Gasteiger partial charge in [0.25, 0.3) is 5.91 Å². The molecule has 0 radical (unpaired) electrons. The van der Waals surface area contributed by atoms with Crippen LogP contribution in [0.4, 0.5) is 0 Å². The Kier molecular flexibility index (Phi) is 3.45. The largest absolute Gasteiger partial charge is 0.424 e. The number of nitrogens with zero attached hydrogens (tertiary/aromatic N) is 6. The molecule has 3 heterocycles. The molecule has 3 fully saturated rings. The zero-order valence-electron chi connectivity index (χ0n) is 15.3. The minimum absolute atomic E-state index is 0.0186. The zero-order chi connectivity index (χ0) is 17.9. The van der Waals surface area contributed by atoms with E-state index in [1.807, 2.05) is 18.7 Å². The Hall–Kier alpha value is -2.25. The third-order valence-corrected chi connectivity index (χ3v) is 6.36. The van der Waals surface area contributed by atoms with E-state index in [-0.39, 0.29) is 11.3 Å². The molecule has 8 nitrogen and oxygen atoms in total. The van der Waals surface area contributed by atoms with Gasteiger partial charge in [-0.3, -0.25) is 4.79 Å². The molecule has 0 unspecified atom stereocenters. The maximum Gasteiger partial charge on any atom is 0.274 e. The number of carbonyl (C=O) groups excluding carboxylic acids is 1. The highest BCUT2D eigenvalue weighted by molar-refractivity contribution is 5.93. The minimum atomic E-state index is -0.172. The van der Waals surface area contributed by atoms with Gasteiger partial charge in [-0.1, -0.05) is 11.6 Å². The van der Waals surface area contributed by atoms with Crippen molar-refractivity contribution in [3.8, 4) is 0 Å². The Bertz CT molecular complexity index is 854. The topological polar surface area (TPSA) is 89.9 Å². The zero-order valence-corrected chi connectivity index (χ0v) is 15.3. The van der Waals surface area contributed by atoms with E-state index in [4.69, 9.17) is 4.42 Å². The highest BCUT2D eigenvalue weighted by Crippen LogP contribution is 2.51. The van der Waals surface area contributed by atoms with Crippen molar-refractivity contribution >= 4 is 5.91 Å². The summed E-state index contributed by atoms with van der Waals surface area (Å²) in [5.41, 5.74) is 1.12. The predicted octanol–water partition coefficient (Wildman–Crippen LogP) is 2.06. The summed E-state index contributed by atoms with van der Waals surface area (Å²) in [6.07, 6.45) is 5.57. The number of hydrogen-bond donors (Lipinski definition) is 0. The quantitative estimate of drug-likeness (QED) is 0.833. The second-order valence-corrected chi connectivity index (χ2v) is 7.99. The van der Waals surface area contributed by atoms with Crippen LogP contribution in [0.3, 0.4) is 0 Å². The Morgan fingerprint density at radius 1 is 1.27 bits per heavy atom. The van der Waals surface area contributed by atoms with E-state index in [0.717, 1.165) is 50.4 Å². The van der Waals surface area contributed by atoms with Crippen molar-refractivity contribution in [2.75, 3.05) is 13.1 Å². The Labute approximate surface area is 151 Å². The molecule has 0 bridgehead atoms. The average molecular weight is 356 g/mol. The molecule has 1 aliphatic heterocycles. The molecule has 2 saturated carbocycles. The summed E-state index contributed by atoms with van der Waals surface area (Å²) in [6.45, 7) is 5.85. The number of likely N-dealkylation sites (tertiary alicyclic amines) is 1. The molecule has 2 aromatic heterocycles. The number of carbonyl (C=O) groups is 1. The van der Waals surface area contributed by atoms with Crippen molar-refractivity contribution < 1.29 is 9.21 Å². The molecule has 5 rings (SSSR count). The number of fused-ring (bicyclic) bond motifs is 1.